The first-order valence-corrected chi connectivity index (χ1v) is 14.2. The van der Waals surface area contributed by atoms with Gasteiger partial charge in [0.25, 0.3) is 5.91 Å². The molecule has 0 bridgehead atoms. The van der Waals surface area contributed by atoms with Crippen LogP contribution in [-0.2, 0) is 11.4 Å². The molecule has 2 unspecified atom stereocenters. The van der Waals surface area contributed by atoms with Crippen molar-refractivity contribution in [1.29, 1.82) is 0 Å². The Morgan fingerprint density at radius 2 is 1.63 bits per heavy atom. The quantitative estimate of drug-likeness (QED) is 0.298. The number of nitrogens with zero attached hydrogens (tertiary/aromatic N) is 1. The highest BCUT2D eigenvalue weighted by Gasteiger charge is 2.28. The number of thiazole rings is 1. The van der Waals surface area contributed by atoms with Gasteiger partial charge in [-0.1, -0.05) is 76.0 Å². The summed E-state index contributed by atoms with van der Waals surface area (Å²) in [6, 6.07) is 7.81. The molecule has 192 valence electrons. The van der Waals surface area contributed by atoms with Gasteiger partial charge in [0.2, 0.25) is 5.91 Å². The molecule has 7 heteroatoms. The Morgan fingerprint density at radius 1 is 0.971 bits per heavy atom. The third-order valence-electron chi connectivity index (χ3n) is 6.60. The lowest BCUT2D eigenvalue weighted by molar-refractivity contribution is -0.122. The van der Waals surface area contributed by atoms with E-state index < -0.39 is 0 Å². The van der Waals surface area contributed by atoms with Gasteiger partial charge < -0.3 is 15.4 Å². The first-order valence-electron chi connectivity index (χ1n) is 13.3. The van der Waals surface area contributed by atoms with Gasteiger partial charge in [-0.2, -0.15) is 0 Å². The molecule has 2 N–H and O–H groups in total. The van der Waals surface area contributed by atoms with Crippen molar-refractivity contribution in [2.75, 3.05) is 0 Å². The van der Waals surface area contributed by atoms with Gasteiger partial charge in [-0.05, 0) is 38.3 Å². The van der Waals surface area contributed by atoms with Gasteiger partial charge in [0.15, 0.2) is 0 Å². The molecule has 2 amide bonds. The number of carbonyl (C=O) groups excluding carboxylic acids is 2. The number of rotatable bonds is 14. The van der Waals surface area contributed by atoms with Gasteiger partial charge in [-0.15, -0.1) is 11.3 Å². The van der Waals surface area contributed by atoms with Crippen molar-refractivity contribution in [1.82, 2.24) is 15.6 Å². The highest BCUT2D eigenvalue weighted by atomic mass is 32.1. The minimum atomic E-state index is -0.180. The second-order valence-electron chi connectivity index (χ2n) is 9.64. The van der Waals surface area contributed by atoms with Crippen LogP contribution in [0, 0.1) is 6.92 Å². The molecule has 2 aromatic rings. The zero-order chi connectivity index (χ0) is 24.9. The van der Waals surface area contributed by atoms with Crippen molar-refractivity contribution in [3.63, 3.8) is 0 Å². The Hall–Kier alpha value is -2.41. The summed E-state index contributed by atoms with van der Waals surface area (Å²) in [6.45, 7) is 4.60. The summed E-state index contributed by atoms with van der Waals surface area (Å²) in [5.41, 5.74) is 1.59. The fourth-order valence-corrected chi connectivity index (χ4v) is 5.19. The van der Waals surface area contributed by atoms with Crippen LogP contribution in [0.25, 0.3) is 0 Å². The number of hydrogen-bond donors (Lipinski definition) is 2. The molecule has 1 aliphatic carbocycles. The maximum Gasteiger partial charge on any atom is 0.271 e. The van der Waals surface area contributed by atoms with Gasteiger partial charge in [0.1, 0.15) is 23.1 Å². The zero-order valence-electron chi connectivity index (χ0n) is 21.3. The van der Waals surface area contributed by atoms with Crippen LogP contribution in [0.15, 0.2) is 29.6 Å². The number of amides is 2. The monoisotopic (exact) mass is 499 g/mol. The van der Waals surface area contributed by atoms with Crippen molar-refractivity contribution >= 4 is 23.2 Å². The highest BCUT2D eigenvalue weighted by molar-refractivity contribution is 7.09. The number of carbonyl (C=O) groups is 2. The number of aryl methyl sites for hydroxylation is 1. The first kappa shape index (κ1) is 27.2. The van der Waals surface area contributed by atoms with E-state index in [4.69, 9.17) is 4.74 Å². The van der Waals surface area contributed by atoms with Crippen LogP contribution in [0.4, 0.5) is 0 Å². The molecular formula is C28H41N3O3S. The normalized spacial score (nSPS) is 17.7. The molecule has 2 atom stereocenters. The third kappa shape index (κ3) is 9.63. The Balaban J connectivity index is 1.41. The SMILES string of the molecule is CCCCCCCCCC(=O)NC1CCCCC1NC(=O)c1csc(COc2ccc(C)cc2)n1. The van der Waals surface area contributed by atoms with Crippen molar-refractivity contribution in [2.24, 2.45) is 0 Å². The standard InChI is InChI=1S/C28H41N3O3S/c1-3-4-5-6-7-8-9-14-26(32)29-23-12-10-11-13-24(23)31-28(33)25-20-35-27(30-25)19-34-22-17-15-21(2)16-18-22/h15-18,20,23-24H,3-14,19H2,1-2H3,(H,29,32)(H,31,33). The molecule has 1 fully saturated rings. The van der Waals surface area contributed by atoms with E-state index in [1.807, 2.05) is 31.2 Å². The predicted molar refractivity (Wildman–Crippen MR) is 142 cm³/mol. The van der Waals surface area contributed by atoms with Crippen molar-refractivity contribution < 1.29 is 14.3 Å². The van der Waals surface area contributed by atoms with E-state index >= 15 is 0 Å². The van der Waals surface area contributed by atoms with E-state index in [1.165, 1.54) is 49.0 Å². The molecule has 0 spiro atoms. The van der Waals surface area contributed by atoms with Crippen LogP contribution < -0.4 is 15.4 Å². The molecule has 1 saturated carbocycles. The largest absolute Gasteiger partial charge is 0.486 e. The third-order valence-corrected chi connectivity index (χ3v) is 7.43. The van der Waals surface area contributed by atoms with Crippen LogP contribution in [-0.4, -0.2) is 28.9 Å². The second kappa shape index (κ2) is 14.9. The van der Waals surface area contributed by atoms with E-state index in [1.54, 1.807) is 5.38 Å². The number of hydrogen-bond acceptors (Lipinski definition) is 5. The molecule has 6 nitrogen and oxygen atoms in total. The Labute approximate surface area is 214 Å². The minimum absolute atomic E-state index is 0.00673. The van der Waals surface area contributed by atoms with Gasteiger partial charge in [-0.3, -0.25) is 9.59 Å². The summed E-state index contributed by atoms with van der Waals surface area (Å²) in [4.78, 5) is 29.8. The molecule has 0 aliphatic heterocycles. The van der Waals surface area contributed by atoms with Crippen LogP contribution in [0.5, 0.6) is 5.75 Å². The molecule has 0 saturated heterocycles. The van der Waals surface area contributed by atoms with E-state index in [-0.39, 0.29) is 23.9 Å². The second-order valence-corrected chi connectivity index (χ2v) is 10.6. The molecule has 0 radical (unpaired) electrons. The van der Waals surface area contributed by atoms with Gasteiger partial charge >= 0.3 is 0 Å². The number of benzene rings is 1. The van der Waals surface area contributed by atoms with Crippen LogP contribution in [0.3, 0.4) is 0 Å². The zero-order valence-corrected chi connectivity index (χ0v) is 22.1. The minimum Gasteiger partial charge on any atom is -0.486 e. The average Bonchev–Trinajstić information content (AvgIpc) is 3.34. The van der Waals surface area contributed by atoms with Crippen LogP contribution in [0.1, 0.15) is 105 Å². The van der Waals surface area contributed by atoms with Gasteiger partial charge in [0.05, 0.1) is 0 Å². The Bertz CT molecular complexity index is 912. The molecule has 35 heavy (non-hydrogen) atoms. The molecule has 1 aromatic carbocycles. The van der Waals surface area contributed by atoms with Crippen LogP contribution in [0.2, 0.25) is 0 Å². The fraction of sp³-hybridized carbons (Fsp3) is 0.607. The molecular weight excluding hydrogens is 458 g/mol. The summed E-state index contributed by atoms with van der Waals surface area (Å²) in [5, 5.41) is 8.86. The van der Waals surface area contributed by atoms with Crippen molar-refractivity contribution in [3.05, 3.63) is 45.9 Å². The summed E-state index contributed by atoms with van der Waals surface area (Å²) in [7, 11) is 0. The average molecular weight is 500 g/mol. The molecule has 1 heterocycles. The number of unbranched alkanes of at least 4 members (excludes halogenated alkanes) is 6. The number of nitrogens with one attached hydrogen (secondary N) is 2. The Morgan fingerprint density at radius 3 is 2.34 bits per heavy atom. The number of ether oxygens (including phenoxy) is 1. The Kier molecular flexibility index (Phi) is 11.5. The molecule has 3 rings (SSSR count). The van der Waals surface area contributed by atoms with Crippen LogP contribution >= 0.6 is 11.3 Å². The van der Waals surface area contributed by atoms with E-state index in [0.29, 0.717) is 18.7 Å². The van der Waals surface area contributed by atoms with E-state index in [9.17, 15) is 9.59 Å². The number of aromatic nitrogens is 1. The topological polar surface area (TPSA) is 80.3 Å². The van der Waals surface area contributed by atoms with E-state index in [2.05, 4.69) is 22.5 Å². The first-order chi connectivity index (χ1) is 17.0. The maximum absolute atomic E-state index is 12.9. The summed E-state index contributed by atoms with van der Waals surface area (Å²) in [6.07, 6.45) is 12.9. The predicted octanol–water partition coefficient (Wildman–Crippen LogP) is 6.33. The molecule has 1 aromatic heterocycles. The smallest absolute Gasteiger partial charge is 0.271 e. The van der Waals surface area contributed by atoms with E-state index in [0.717, 1.165) is 49.3 Å². The molecule has 1 aliphatic rings. The highest BCUT2D eigenvalue weighted by Crippen LogP contribution is 2.21. The summed E-state index contributed by atoms with van der Waals surface area (Å²) < 4.78 is 5.78. The lowest BCUT2D eigenvalue weighted by Crippen LogP contribution is -2.53. The fourth-order valence-electron chi connectivity index (χ4n) is 4.50. The summed E-state index contributed by atoms with van der Waals surface area (Å²) >= 11 is 1.42. The lowest BCUT2D eigenvalue weighted by atomic mass is 9.90. The lowest BCUT2D eigenvalue weighted by Gasteiger charge is -2.32. The van der Waals surface area contributed by atoms with Gasteiger partial charge in [-0.25, -0.2) is 4.98 Å². The van der Waals surface area contributed by atoms with Crippen molar-refractivity contribution in [2.45, 2.75) is 110 Å². The van der Waals surface area contributed by atoms with Gasteiger partial charge in [0, 0.05) is 23.9 Å². The summed E-state index contributed by atoms with van der Waals surface area (Å²) in [5.74, 6) is 0.712. The maximum atomic E-state index is 12.9. The van der Waals surface area contributed by atoms with Crippen molar-refractivity contribution in [3.8, 4) is 5.75 Å².